The molecule has 1 fully saturated rings. The SMILES string of the molecule is O=C(OC(C(F)(F)C(F)(F)C(F)(F)C(F)(F)F)C(F)(F)C(O)(C(F)F)C(F)(F)F)C1CC2C=CC1C2. The van der Waals surface area contributed by atoms with Crippen LogP contribution in [0.2, 0.25) is 0 Å². The molecule has 1 N–H and O–H groups in total. The van der Waals surface area contributed by atoms with Gasteiger partial charge in [0.05, 0.1) is 5.92 Å². The zero-order chi connectivity index (χ0) is 28.5. The Hall–Kier alpha value is -1.95. The van der Waals surface area contributed by atoms with Crippen molar-refractivity contribution in [3.63, 3.8) is 0 Å². The third-order valence-corrected chi connectivity index (χ3v) is 5.90. The Bertz CT molecular complexity index is 876. The number of hydrogen-bond acceptors (Lipinski definition) is 3. The molecule has 0 aromatic heterocycles. The van der Waals surface area contributed by atoms with Crippen LogP contribution in [0.5, 0.6) is 0 Å². The molecule has 5 unspecified atom stereocenters. The van der Waals surface area contributed by atoms with Crippen LogP contribution in [0.3, 0.4) is 0 Å². The summed E-state index contributed by atoms with van der Waals surface area (Å²) in [5, 5.41) is 8.98. The topological polar surface area (TPSA) is 46.5 Å². The molecular formula is C17H12F16O3. The number of allylic oxidation sites excluding steroid dienone is 2. The van der Waals surface area contributed by atoms with Gasteiger partial charge in [0.1, 0.15) is 0 Å². The minimum atomic E-state index is -8.12. The Kier molecular flexibility index (Phi) is 7.18. The smallest absolute Gasteiger partial charge is 0.449 e. The van der Waals surface area contributed by atoms with Crippen molar-refractivity contribution in [1.29, 1.82) is 0 Å². The van der Waals surface area contributed by atoms with Crippen molar-refractivity contribution >= 4 is 5.97 Å². The zero-order valence-corrected chi connectivity index (χ0v) is 16.8. The molecule has 3 nitrogen and oxygen atoms in total. The second-order valence-electron chi connectivity index (χ2n) is 8.16. The molecule has 0 saturated heterocycles. The maximum absolute atomic E-state index is 14.5. The zero-order valence-electron chi connectivity index (χ0n) is 16.8. The summed E-state index contributed by atoms with van der Waals surface area (Å²) < 4.78 is 217. The van der Waals surface area contributed by atoms with Crippen LogP contribution in [-0.2, 0) is 9.53 Å². The van der Waals surface area contributed by atoms with E-state index in [1.54, 1.807) is 0 Å². The lowest BCUT2D eigenvalue weighted by atomic mass is 9.84. The maximum Gasteiger partial charge on any atom is 0.460 e. The minimum absolute atomic E-state index is 0.0248. The van der Waals surface area contributed by atoms with Gasteiger partial charge in [-0.3, -0.25) is 4.79 Å². The fourth-order valence-electron chi connectivity index (χ4n) is 3.84. The molecule has 0 aromatic carbocycles. The lowest BCUT2D eigenvalue weighted by Crippen LogP contribution is -2.75. The fraction of sp³-hybridized carbons (Fsp3) is 0.824. The Morgan fingerprint density at radius 2 is 1.25 bits per heavy atom. The molecule has 2 aliphatic rings. The van der Waals surface area contributed by atoms with E-state index < -0.39 is 84.3 Å². The van der Waals surface area contributed by atoms with E-state index in [2.05, 4.69) is 4.74 Å². The first-order valence-corrected chi connectivity index (χ1v) is 9.32. The van der Waals surface area contributed by atoms with E-state index in [0.717, 1.165) is 6.08 Å². The van der Waals surface area contributed by atoms with Crippen molar-refractivity contribution in [2.45, 2.75) is 67.0 Å². The maximum atomic E-state index is 14.5. The van der Waals surface area contributed by atoms with E-state index in [1.807, 2.05) is 0 Å². The van der Waals surface area contributed by atoms with Gasteiger partial charge in [-0.15, -0.1) is 0 Å². The van der Waals surface area contributed by atoms with E-state index in [0.29, 0.717) is 0 Å². The summed E-state index contributed by atoms with van der Waals surface area (Å²) in [6.45, 7) is 0. The van der Waals surface area contributed by atoms with Crippen LogP contribution in [0.25, 0.3) is 0 Å². The Morgan fingerprint density at radius 3 is 1.58 bits per heavy atom. The Balaban J connectivity index is 2.71. The van der Waals surface area contributed by atoms with Crippen LogP contribution in [0.15, 0.2) is 12.2 Å². The molecule has 1 saturated carbocycles. The highest BCUT2D eigenvalue weighted by Crippen LogP contribution is 2.59. The first kappa shape index (κ1) is 30.3. The van der Waals surface area contributed by atoms with Gasteiger partial charge in [0, 0.05) is 0 Å². The van der Waals surface area contributed by atoms with Gasteiger partial charge in [-0.1, -0.05) is 12.2 Å². The Labute approximate surface area is 189 Å². The quantitative estimate of drug-likeness (QED) is 0.230. The summed E-state index contributed by atoms with van der Waals surface area (Å²) in [6, 6.07) is 0. The highest BCUT2D eigenvalue weighted by atomic mass is 19.4. The molecular weight excluding hydrogens is 556 g/mol. The van der Waals surface area contributed by atoms with Crippen LogP contribution in [-0.4, -0.2) is 65.2 Å². The van der Waals surface area contributed by atoms with E-state index in [4.69, 9.17) is 5.11 Å². The molecule has 0 spiro atoms. The average Bonchev–Trinajstić information content (AvgIpc) is 3.32. The number of ether oxygens (including phenoxy) is 1. The summed E-state index contributed by atoms with van der Waals surface area (Å²) in [4.78, 5) is 12.1. The number of halogens is 16. The second kappa shape index (κ2) is 8.54. The molecule has 36 heavy (non-hydrogen) atoms. The van der Waals surface area contributed by atoms with Crippen molar-refractivity contribution < 1.29 is 84.9 Å². The molecule has 0 radical (unpaired) electrons. The summed E-state index contributed by atoms with van der Waals surface area (Å²) >= 11 is 0. The highest BCUT2D eigenvalue weighted by molar-refractivity contribution is 5.74. The van der Waals surface area contributed by atoms with Crippen molar-refractivity contribution in [1.82, 2.24) is 0 Å². The highest BCUT2D eigenvalue weighted by Gasteiger charge is 2.89. The molecule has 2 bridgehead atoms. The van der Waals surface area contributed by atoms with Gasteiger partial charge < -0.3 is 9.84 Å². The predicted octanol–water partition coefficient (Wildman–Crippen LogP) is 5.77. The monoisotopic (exact) mass is 568 g/mol. The molecule has 19 heteroatoms. The number of carbonyl (C=O) groups excluding carboxylic acids is 1. The van der Waals surface area contributed by atoms with Gasteiger partial charge in [0.15, 0.2) is 0 Å². The van der Waals surface area contributed by atoms with Gasteiger partial charge in [-0.05, 0) is 24.7 Å². The van der Waals surface area contributed by atoms with Gasteiger partial charge in [-0.2, -0.15) is 61.5 Å². The minimum Gasteiger partial charge on any atom is -0.449 e. The van der Waals surface area contributed by atoms with E-state index in [-0.39, 0.29) is 6.42 Å². The van der Waals surface area contributed by atoms with Crippen LogP contribution < -0.4 is 0 Å². The standard InChI is InChI=1S/C17H12F16O3/c18-10(19)11(35,16(28,29)30)12(20,21)9(36-8(34)7-4-5-1-2-6(7)3-5)13(22,23)14(24,25)15(26,27)17(31,32)33/h1-2,5-7,9-10,35H,3-4H2. The van der Waals surface area contributed by atoms with Crippen LogP contribution in [0.4, 0.5) is 70.2 Å². The number of carbonyl (C=O) groups is 1. The summed E-state index contributed by atoms with van der Waals surface area (Å²) in [6.07, 6.45) is -25.0. The number of hydrogen-bond donors (Lipinski definition) is 1. The largest absolute Gasteiger partial charge is 0.460 e. The lowest BCUT2D eigenvalue weighted by Gasteiger charge is -2.44. The van der Waals surface area contributed by atoms with Crippen molar-refractivity contribution in [2.24, 2.45) is 17.8 Å². The molecule has 2 aliphatic carbocycles. The van der Waals surface area contributed by atoms with Gasteiger partial charge in [0.25, 0.3) is 12.0 Å². The summed E-state index contributed by atoms with van der Waals surface area (Å²) in [7, 11) is 0. The summed E-state index contributed by atoms with van der Waals surface area (Å²) in [5.74, 6) is -37.5. The third kappa shape index (κ3) is 4.17. The molecule has 5 atom stereocenters. The predicted molar refractivity (Wildman–Crippen MR) is 81.6 cm³/mol. The molecule has 2 rings (SSSR count). The summed E-state index contributed by atoms with van der Waals surface area (Å²) in [5.41, 5.74) is -7.08. The van der Waals surface area contributed by atoms with E-state index >= 15 is 0 Å². The molecule has 0 aromatic rings. The molecule has 210 valence electrons. The lowest BCUT2D eigenvalue weighted by molar-refractivity contribution is -0.435. The van der Waals surface area contributed by atoms with Crippen LogP contribution in [0.1, 0.15) is 12.8 Å². The average molecular weight is 568 g/mol. The third-order valence-electron chi connectivity index (χ3n) is 5.90. The first-order chi connectivity index (χ1) is 15.8. The van der Waals surface area contributed by atoms with Crippen molar-refractivity contribution in [3.8, 4) is 0 Å². The van der Waals surface area contributed by atoms with E-state index in [1.165, 1.54) is 6.08 Å². The van der Waals surface area contributed by atoms with Crippen LogP contribution in [0, 0.1) is 17.8 Å². The number of aliphatic hydroxyl groups is 1. The normalized spacial score (nSPS) is 26.3. The number of alkyl halides is 16. The Morgan fingerprint density at radius 1 is 0.750 bits per heavy atom. The fourth-order valence-corrected chi connectivity index (χ4v) is 3.84. The molecule has 0 heterocycles. The number of esters is 1. The van der Waals surface area contributed by atoms with E-state index in [9.17, 15) is 75.0 Å². The number of fused-ring (bicyclic) bond motifs is 2. The second-order valence-corrected chi connectivity index (χ2v) is 8.16. The molecule has 0 aliphatic heterocycles. The van der Waals surface area contributed by atoms with Crippen molar-refractivity contribution in [2.75, 3.05) is 0 Å². The van der Waals surface area contributed by atoms with Crippen LogP contribution >= 0.6 is 0 Å². The number of rotatable bonds is 8. The van der Waals surface area contributed by atoms with Gasteiger partial charge >= 0.3 is 42.0 Å². The van der Waals surface area contributed by atoms with Crippen molar-refractivity contribution in [3.05, 3.63) is 12.2 Å². The molecule has 0 amide bonds. The first-order valence-electron chi connectivity index (χ1n) is 9.32. The van der Waals surface area contributed by atoms with Gasteiger partial charge in [-0.25, -0.2) is 8.78 Å². The van der Waals surface area contributed by atoms with Gasteiger partial charge in [0.2, 0.25) is 6.10 Å².